The molecule has 0 saturated heterocycles. The van der Waals surface area contributed by atoms with Crippen LogP contribution in [0.1, 0.15) is 11.9 Å². The Kier molecular flexibility index (Phi) is 2.48. The molecule has 2 rings (SSSR count). The summed E-state index contributed by atoms with van der Waals surface area (Å²) in [6.07, 6.45) is -1.08. The molecule has 1 unspecified atom stereocenters. The third-order valence-corrected chi connectivity index (χ3v) is 2.26. The first kappa shape index (κ1) is 9.19. The van der Waals surface area contributed by atoms with E-state index < -0.39 is 6.29 Å². The zero-order valence-corrected chi connectivity index (χ0v) is 7.94. The van der Waals surface area contributed by atoms with Crippen LogP contribution in [0.3, 0.4) is 0 Å². The molecule has 0 aliphatic rings. The quantitative estimate of drug-likeness (QED) is 0.664. The van der Waals surface area contributed by atoms with Crippen molar-refractivity contribution in [3.8, 4) is 0 Å². The number of benzene rings is 2. The minimum atomic E-state index is -1.08. The summed E-state index contributed by atoms with van der Waals surface area (Å²) in [5, 5.41) is 13.5. The first-order valence-corrected chi connectivity index (χ1v) is 4.48. The molecule has 0 spiro atoms. The fraction of sp³-hybridized carbons (Fsp3) is 0.167. The molecule has 1 radical (unpaired) electrons. The summed E-state index contributed by atoms with van der Waals surface area (Å²) in [5.74, 6) is 0. The highest BCUT2D eigenvalue weighted by atomic mass is 16.6. The average molecular weight is 187 g/mol. The van der Waals surface area contributed by atoms with Gasteiger partial charge >= 0.3 is 0 Å². The van der Waals surface area contributed by atoms with Gasteiger partial charge in [0.2, 0.25) is 6.29 Å². The molecule has 14 heavy (non-hydrogen) atoms. The number of fused-ring (bicyclic) bond motifs is 1. The van der Waals surface area contributed by atoms with Crippen LogP contribution >= 0.6 is 0 Å². The maximum absolute atomic E-state index is 11.3. The largest absolute Gasteiger partial charge is 0.349 e. The summed E-state index contributed by atoms with van der Waals surface area (Å²) in [4.78, 5) is 0. The van der Waals surface area contributed by atoms with Crippen LogP contribution in [0.5, 0.6) is 0 Å². The summed E-state index contributed by atoms with van der Waals surface area (Å²) < 4.78 is 4.73. The molecule has 0 aliphatic heterocycles. The molecule has 0 aromatic heterocycles. The first-order valence-electron chi connectivity index (χ1n) is 4.48. The second-order valence-electron chi connectivity index (χ2n) is 3.17. The summed E-state index contributed by atoms with van der Waals surface area (Å²) in [5.41, 5.74) is 0.672. The van der Waals surface area contributed by atoms with Crippen LogP contribution in [0.4, 0.5) is 0 Å². The lowest BCUT2D eigenvalue weighted by Crippen LogP contribution is -1.96. The van der Waals surface area contributed by atoms with E-state index in [1.54, 1.807) is 0 Å². The van der Waals surface area contributed by atoms with Gasteiger partial charge in [-0.15, -0.1) is 0 Å². The molecule has 2 heteroatoms. The Hall–Kier alpha value is -1.38. The van der Waals surface area contributed by atoms with Gasteiger partial charge in [-0.1, -0.05) is 36.4 Å². The van der Waals surface area contributed by atoms with E-state index in [4.69, 9.17) is 4.74 Å². The standard InChI is InChI=1S/C12H11O2/c1-14-12(13)11-7-6-9-4-2-3-5-10(9)8-11/h2-8,12H,1H3. The van der Waals surface area contributed by atoms with Crippen molar-refractivity contribution in [2.75, 3.05) is 7.11 Å². The molecule has 2 nitrogen and oxygen atoms in total. The highest BCUT2D eigenvalue weighted by molar-refractivity contribution is 5.83. The predicted molar refractivity (Wildman–Crippen MR) is 54.4 cm³/mol. The monoisotopic (exact) mass is 187 g/mol. The maximum atomic E-state index is 11.3. The van der Waals surface area contributed by atoms with Gasteiger partial charge in [0.1, 0.15) is 0 Å². The molecule has 0 aliphatic carbocycles. The minimum absolute atomic E-state index is 0.672. The zero-order chi connectivity index (χ0) is 9.97. The average Bonchev–Trinajstić information content (AvgIpc) is 2.27. The summed E-state index contributed by atoms with van der Waals surface area (Å²) in [6, 6.07) is 13.6. The van der Waals surface area contributed by atoms with Crippen molar-refractivity contribution in [1.82, 2.24) is 0 Å². The van der Waals surface area contributed by atoms with Crippen molar-refractivity contribution in [3.05, 3.63) is 48.0 Å². The van der Waals surface area contributed by atoms with Crippen molar-refractivity contribution in [2.45, 2.75) is 6.29 Å². The Bertz CT molecular complexity index is 437. The van der Waals surface area contributed by atoms with Gasteiger partial charge in [0.25, 0.3) is 0 Å². The molecule has 0 N–H and O–H groups in total. The summed E-state index contributed by atoms with van der Waals surface area (Å²) >= 11 is 0. The second-order valence-corrected chi connectivity index (χ2v) is 3.17. The second kappa shape index (κ2) is 3.78. The smallest absolute Gasteiger partial charge is 0.217 e. The Morgan fingerprint density at radius 3 is 2.50 bits per heavy atom. The van der Waals surface area contributed by atoms with Crippen LogP contribution in [0, 0.1) is 0 Å². The molecular formula is C12H11O2. The van der Waals surface area contributed by atoms with E-state index in [2.05, 4.69) is 0 Å². The number of hydrogen-bond acceptors (Lipinski definition) is 1. The first-order chi connectivity index (χ1) is 6.81. The van der Waals surface area contributed by atoms with E-state index in [0.29, 0.717) is 5.56 Å². The molecule has 0 amide bonds. The third kappa shape index (κ3) is 1.62. The van der Waals surface area contributed by atoms with Gasteiger partial charge in [0.05, 0.1) is 0 Å². The van der Waals surface area contributed by atoms with Crippen molar-refractivity contribution in [2.24, 2.45) is 0 Å². The van der Waals surface area contributed by atoms with Gasteiger partial charge in [0.15, 0.2) is 0 Å². The van der Waals surface area contributed by atoms with Gasteiger partial charge < -0.3 is 4.74 Å². The third-order valence-electron chi connectivity index (χ3n) is 2.26. The Morgan fingerprint density at radius 1 is 1.07 bits per heavy atom. The Balaban J connectivity index is 2.51. The summed E-state index contributed by atoms with van der Waals surface area (Å²) in [6.45, 7) is 0. The van der Waals surface area contributed by atoms with Crippen molar-refractivity contribution in [1.29, 1.82) is 0 Å². The van der Waals surface area contributed by atoms with Crippen LogP contribution in [-0.4, -0.2) is 7.11 Å². The fourth-order valence-electron chi connectivity index (χ4n) is 1.49. The maximum Gasteiger partial charge on any atom is 0.217 e. The number of hydrogen-bond donors (Lipinski definition) is 0. The molecule has 2 aromatic rings. The van der Waals surface area contributed by atoms with E-state index in [9.17, 15) is 5.11 Å². The van der Waals surface area contributed by atoms with Gasteiger partial charge in [-0.25, -0.2) is 0 Å². The number of ether oxygens (including phenoxy) is 1. The fourth-order valence-corrected chi connectivity index (χ4v) is 1.49. The van der Waals surface area contributed by atoms with Gasteiger partial charge in [0, 0.05) is 12.7 Å². The Morgan fingerprint density at radius 2 is 1.79 bits per heavy atom. The highest BCUT2D eigenvalue weighted by Gasteiger charge is 2.07. The van der Waals surface area contributed by atoms with Crippen LogP contribution in [0.25, 0.3) is 10.8 Å². The van der Waals surface area contributed by atoms with Crippen molar-refractivity contribution in [3.63, 3.8) is 0 Å². The van der Waals surface area contributed by atoms with Gasteiger partial charge in [-0.2, -0.15) is 5.11 Å². The van der Waals surface area contributed by atoms with Crippen LogP contribution in [-0.2, 0) is 9.84 Å². The van der Waals surface area contributed by atoms with Gasteiger partial charge in [-0.3, -0.25) is 0 Å². The minimum Gasteiger partial charge on any atom is -0.349 e. The Labute approximate surface area is 82.8 Å². The molecule has 71 valence electrons. The van der Waals surface area contributed by atoms with Crippen LogP contribution < -0.4 is 0 Å². The van der Waals surface area contributed by atoms with Gasteiger partial charge in [-0.05, 0) is 16.8 Å². The van der Waals surface area contributed by atoms with Crippen LogP contribution in [0.2, 0.25) is 0 Å². The number of rotatable bonds is 2. The van der Waals surface area contributed by atoms with E-state index in [1.165, 1.54) is 7.11 Å². The molecule has 1 atom stereocenters. The van der Waals surface area contributed by atoms with E-state index in [1.807, 2.05) is 42.5 Å². The molecular weight excluding hydrogens is 176 g/mol. The van der Waals surface area contributed by atoms with Crippen molar-refractivity contribution < 1.29 is 9.84 Å². The van der Waals surface area contributed by atoms with Crippen molar-refractivity contribution >= 4 is 10.8 Å². The topological polar surface area (TPSA) is 29.1 Å². The van der Waals surface area contributed by atoms with E-state index in [-0.39, 0.29) is 0 Å². The summed E-state index contributed by atoms with van der Waals surface area (Å²) in [7, 11) is 1.42. The zero-order valence-electron chi connectivity index (χ0n) is 7.94. The molecule has 0 fully saturated rings. The molecule has 0 saturated carbocycles. The SMILES string of the molecule is COC([O])c1ccc2ccccc2c1. The molecule has 0 heterocycles. The lowest BCUT2D eigenvalue weighted by atomic mass is 10.1. The highest BCUT2D eigenvalue weighted by Crippen LogP contribution is 2.20. The lowest BCUT2D eigenvalue weighted by molar-refractivity contribution is -0.123. The molecule has 0 bridgehead atoms. The number of methoxy groups -OCH3 is 1. The normalized spacial score (nSPS) is 13.0. The van der Waals surface area contributed by atoms with Crippen LogP contribution in [0.15, 0.2) is 42.5 Å². The van der Waals surface area contributed by atoms with E-state index in [0.717, 1.165) is 10.8 Å². The molecule has 2 aromatic carbocycles. The predicted octanol–water partition coefficient (Wildman–Crippen LogP) is 2.92. The van der Waals surface area contributed by atoms with E-state index >= 15 is 0 Å². The lowest BCUT2D eigenvalue weighted by Gasteiger charge is -2.07.